The Morgan fingerprint density at radius 1 is 0.812 bits per heavy atom. The second kappa shape index (κ2) is 9.75. The third-order valence-electron chi connectivity index (χ3n) is 6.85. The number of hydrogen-bond acceptors (Lipinski definition) is 4. The van der Waals surface area contributed by atoms with Gasteiger partial charge in [0, 0.05) is 38.8 Å². The monoisotopic (exact) mass is 452 g/mol. The Balaban J connectivity index is 1.57. The van der Waals surface area contributed by atoms with E-state index in [0.717, 1.165) is 19.3 Å². The number of hydrogen-bond donors (Lipinski definition) is 2. The Labute approximate surface area is 193 Å². The first-order chi connectivity index (χ1) is 14.8. The number of amides is 4. The smallest absolute Gasteiger partial charge is 0.317 e. The van der Waals surface area contributed by atoms with Crippen molar-refractivity contribution in [2.24, 2.45) is 10.8 Å². The zero-order chi connectivity index (χ0) is 23.7. The molecule has 0 unspecified atom stereocenters. The molecule has 0 aromatic heterocycles. The molecule has 3 aliphatic rings. The van der Waals surface area contributed by atoms with Crippen molar-refractivity contribution in [3.8, 4) is 0 Å². The van der Waals surface area contributed by atoms with Crippen LogP contribution in [0, 0.1) is 10.8 Å². The summed E-state index contributed by atoms with van der Waals surface area (Å²) in [7, 11) is 0. The van der Waals surface area contributed by atoms with E-state index >= 15 is 0 Å². The Morgan fingerprint density at radius 2 is 1.28 bits per heavy atom. The largest absolute Gasteiger partial charge is 0.372 e. The molecule has 3 fully saturated rings. The molecule has 4 amide bonds. The van der Waals surface area contributed by atoms with Crippen LogP contribution in [-0.4, -0.2) is 85.0 Å². The van der Waals surface area contributed by atoms with Crippen molar-refractivity contribution >= 4 is 12.1 Å². The molecule has 8 nitrogen and oxygen atoms in total. The number of ether oxygens (including phenoxy) is 2. The third kappa shape index (κ3) is 6.73. The van der Waals surface area contributed by atoms with Crippen LogP contribution in [-0.2, 0) is 9.47 Å². The highest BCUT2D eigenvalue weighted by atomic mass is 16.5. The quantitative estimate of drug-likeness (QED) is 0.689. The fraction of sp³-hybridized carbons (Fsp3) is 0.917. The summed E-state index contributed by atoms with van der Waals surface area (Å²) >= 11 is 0. The summed E-state index contributed by atoms with van der Waals surface area (Å²) in [5, 5.41) is 6.48. The maximum atomic E-state index is 13.0. The van der Waals surface area contributed by atoms with Crippen molar-refractivity contribution in [3.63, 3.8) is 0 Å². The van der Waals surface area contributed by atoms with Crippen LogP contribution in [0.15, 0.2) is 0 Å². The number of carbonyl (C=O) groups excluding carboxylic acids is 2. The van der Waals surface area contributed by atoms with Gasteiger partial charge in [-0.15, -0.1) is 0 Å². The van der Waals surface area contributed by atoms with Crippen molar-refractivity contribution < 1.29 is 19.1 Å². The summed E-state index contributed by atoms with van der Waals surface area (Å²) in [6.07, 6.45) is 3.02. The Kier molecular flexibility index (Phi) is 7.65. The first kappa shape index (κ1) is 25.1. The first-order valence-electron chi connectivity index (χ1n) is 12.2. The summed E-state index contributed by atoms with van der Waals surface area (Å²) in [6, 6.07) is 0.0656. The molecule has 0 radical (unpaired) electrons. The van der Waals surface area contributed by atoms with Gasteiger partial charge >= 0.3 is 12.1 Å². The highest BCUT2D eigenvalue weighted by Crippen LogP contribution is 2.45. The fourth-order valence-corrected chi connectivity index (χ4v) is 6.22. The van der Waals surface area contributed by atoms with Crippen LogP contribution in [0.5, 0.6) is 0 Å². The summed E-state index contributed by atoms with van der Waals surface area (Å²) in [4.78, 5) is 29.6. The molecule has 0 aromatic carbocycles. The molecule has 32 heavy (non-hydrogen) atoms. The average Bonchev–Trinajstić information content (AvgIpc) is 2.63. The number of nitrogens with one attached hydrogen (secondary N) is 2. The lowest BCUT2D eigenvalue weighted by Crippen LogP contribution is -2.57. The van der Waals surface area contributed by atoms with Gasteiger partial charge in [-0.25, -0.2) is 9.59 Å². The topological polar surface area (TPSA) is 83.1 Å². The van der Waals surface area contributed by atoms with Crippen LogP contribution in [0.1, 0.15) is 67.7 Å². The predicted octanol–water partition coefficient (Wildman–Crippen LogP) is 3.21. The van der Waals surface area contributed by atoms with E-state index in [-0.39, 0.29) is 53.3 Å². The van der Waals surface area contributed by atoms with Gasteiger partial charge in [-0.05, 0) is 57.8 Å². The molecule has 2 aliphatic heterocycles. The van der Waals surface area contributed by atoms with Crippen molar-refractivity contribution in [2.75, 3.05) is 32.7 Å². The second-order valence-corrected chi connectivity index (χ2v) is 11.7. The lowest BCUT2D eigenvalue weighted by Gasteiger charge is -2.47. The van der Waals surface area contributed by atoms with E-state index in [9.17, 15) is 9.59 Å². The van der Waals surface area contributed by atoms with E-state index in [1.165, 1.54) is 0 Å². The summed E-state index contributed by atoms with van der Waals surface area (Å²) in [5.41, 5.74) is 0.00767. The van der Waals surface area contributed by atoms with Crippen molar-refractivity contribution in [1.82, 2.24) is 20.4 Å². The first-order valence-corrected chi connectivity index (χ1v) is 12.2. The van der Waals surface area contributed by atoms with Crippen molar-refractivity contribution in [2.45, 2.75) is 98.2 Å². The molecule has 8 heteroatoms. The normalized spacial score (nSPS) is 37.7. The van der Waals surface area contributed by atoms with E-state index in [2.05, 4.69) is 31.4 Å². The number of morpholine rings is 2. The lowest BCUT2D eigenvalue weighted by atomic mass is 9.62. The second-order valence-electron chi connectivity index (χ2n) is 11.7. The zero-order valence-corrected chi connectivity index (χ0v) is 21.1. The number of urea groups is 2. The highest BCUT2D eigenvalue weighted by Gasteiger charge is 2.42. The molecule has 2 N–H and O–H groups in total. The summed E-state index contributed by atoms with van der Waals surface area (Å²) in [6.45, 7) is 17.9. The van der Waals surface area contributed by atoms with Crippen LogP contribution in [0.25, 0.3) is 0 Å². The van der Waals surface area contributed by atoms with Crippen LogP contribution in [0.4, 0.5) is 9.59 Å². The minimum atomic E-state index is -0.0789. The Morgan fingerprint density at radius 3 is 1.78 bits per heavy atom. The number of carbonyl (C=O) groups is 2. The molecular formula is C24H44N4O4. The maximum absolute atomic E-state index is 13.0. The molecule has 3 rings (SSSR count). The van der Waals surface area contributed by atoms with E-state index < -0.39 is 0 Å². The van der Waals surface area contributed by atoms with Gasteiger partial charge < -0.3 is 29.9 Å². The molecule has 184 valence electrons. The predicted molar refractivity (Wildman–Crippen MR) is 125 cm³/mol. The third-order valence-corrected chi connectivity index (χ3v) is 6.85. The molecule has 6 atom stereocenters. The molecule has 1 aliphatic carbocycles. The molecular weight excluding hydrogens is 408 g/mol. The molecule has 2 heterocycles. The van der Waals surface area contributed by atoms with Gasteiger partial charge in [0.2, 0.25) is 0 Å². The molecule has 1 saturated carbocycles. The highest BCUT2D eigenvalue weighted by molar-refractivity contribution is 5.75. The van der Waals surface area contributed by atoms with Crippen molar-refractivity contribution in [3.05, 3.63) is 0 Å². The van der Waals surface area contributed by atoms with Gasteiger partial charge in [-0.2, -0.15) is 0 Å². The molecule has 0 bridgehead atoms. The summed E-state index contributed by atoms with van der Waals surface area (Å²) < 4.78 is 11.5. The van der Waals surface area contributed by atoms with Gasteiger partial charge in [-0.1, -0.05) is 20.8 Å². The van der Waals surface area contributed by atoms with Crippen LogP contribution >= 0.6 is 0 Å². The van der Waals surface area contributed by atoms with E-state index in [0.29, 0.717) is 32.7 Å². The van der Waals surface area contributed by atoms with E-state index in [1.54, 1.807) is 0 Å². The number of nitrogens with zero attached hydrogens (tertiary/aromatic N) is 2. The molecule has 0 spiro atoms. The number of rotatable bonds is 3. The van der Waals surface area contributed by atoms with Crippen molar-refractivity contribution in [1.29, 1.82) is 0 Å². The Hall–Kier alpha value is -1.54. The van der Waals surface area contributed by atoms with E-state index in [1.807, 2.05) is 37.5 Å². The molecule has 2 saturated heterocycles. The minimum absolute atomic E-state index is 0.00243. The maximum Gasteiger partial charge on any atom is 0.317 e. The Bertz CT molecular complexity index is 667. The van der Waals surface area contributed by atoms with Gasteiger partial charge in [0.1, 0.15) is 0 Å². The van der Waals surface area contributed by atoms with Crippen LogP contribution in [0.3, 0.4) is 0 Å². The van der Waals surface area contributed by atoms with Gasteiger partial charge in [-0.3, -0.25) is 0 Å². The average molecular weight is 453 g/mol. The minimum Gasteiger partial charge on any atom is -0.372 e. The zero-order valence-electron chi connectivity index (χ0n) is 21.1. The van der Waals surface area contributed by atoms with E-state index in [4.69, 9.17) is 9.47 Å². The fourth-order valence-electron chi connectivity index (χ4n) is 6.22. The van der Waals surface area contributed by atoms with Crippen LogP contribution in [0.2, 0.25) is 0 Å². The van der Waals surface area contributed by atoms with Gasteiger partial charge in [0.25, 0.3) is 0 Å². The van der Waals surface area contributed by atoms with Gasteiger partial charge in [0.15, 0.2) is 0 Å². The summed E-state index contributed by atoms with van der Waals surface area (Å²) in [5.74, 6) is 0. The van der Waals surface area contributed by atoms with Crippen LogP contribution < -0.4 is 10.6 Å². The SMILES string of the molecule is C[C@@H]1CN(C(=O)NC[C@]2(C)C[C@H](NC(=O)N3C[C@@H](C)O[C@@H](C)C3)CC(C)(C)C2)C[C@H](C)O1. The lowest BCUT2D eigenvalue weighted by molar-refractivity contribution is -0.0558. The standard InChI is InChI=1S/C24H44N4O4/c1-16-10-27(11-17(2)31-16)21(29)25-15-24(7)9-20(8-23(5,6)14-24)26-22(30)28-12-18(3)32-19(4)13-28/h16-20H,8-15H2,1-7H3,(H,25,29)(H,26,30)/t16-,17+,18-,19+,20-,24-/m1/s1. The molecule has 0 aromatic rings. The van der Waals surface area contributed by atoms with Gasteiger partial charge in [0.05, 0.1) is 24.4 Å².